The van der Waals surface area contributed by atoms with Crippen LogP contribution in [0.15, 0.2) is 29.0 Å². The second-order valence-electron chi connectivity index (χ2n) is 10.4. The van der Waals surface area contributed by atoms with Crippen molar-refractivity contribution in [1.29, 1.82) is 0 Å². The van der Waals surface area contributed by atoms with Crippen molar-refractivity contribution >= 4 is 23.2 Å². The summed E-state index contributed by atoms with van der Waals surface area (Å²) in [4.78, 5) is 40.5. The third-order valence-corrected chi connectivity index (χ3v) is 8.00. The van der Waals surface area contributed by atoms with Crippen LogP contribution in [-0.2, 0) is 27.2 Å². The van der Waals surface area contributed by atoms with Gasteiger partial charge < -0.3 is 26.2 Å². The van der Waals surface area contributed by atoms with Gasteiger partial charge in [0.15, 0.2) is 11.4 Å². The fourth-order valence-corrected chi connectivity index (χ4v) is 6.28. The van der Waals surface area contributed by atoms with E-state index in [2.05, 4.69) is 6.92 Å². The average Bonchev–Trinajstić information content (AvgIpc) is 2.80. The number of primary amides is 1. The summed E-state index contributed by atoms with van der Waals surface area (Å²) in [5, 5.41) is 44.4. The van der Waals surface area contributed by atoms with Crippen molar-refractivity contribution in [1.82, 2.24) is 4.90 Å². The molecule has 0 aromatic heterocycles. The molecule has 1 aromatic rings. The number of amides is 1. The number of ketones is 2. The quantitative estimate of drug-likeness (QED) is 0.282. The van der Waals surface area contributed by atoms with Gasteiger partial charge in [0, 0.05) is 11.5 Å². The number of carbonyl (C=O) groups is 3. The zero-order valence-electron chi connectivity index (χ0n) is 20.9. The summed E-state index contributed by atoms with van der Waals surface area (Å²) in [5.74, 6) is -6.32. The monoisotopic (exact) mass is 498 g/mol. The summed E-state index contributed by atoms with van der Waals surface area (Å²) in [6.45, 7) is 2.13. The minimum atomic E-state index is -2.61. The number of aryl methyl sites for hydroxylation is 1. The molecular formula is C27H34N2O7. The largest absolute Gasteiger partial charge is 0.508 e. The highest BCUT2D eigenvalue weighted by molar-refractivity contribution is 6.24. The first-order valence-electron chi connectivity index (χ1n) is 12.4. The molecule has 194 valence electrons. The van der Waals surface area contributed by atoms with Gasteiger partial charge >= 0.3 is 0 Å². The Hall–Kier alpha value is -3.17. The van der Waals surface area contributed by atoms with Crippen LogP contribution in [0.5, 0.6) is 5.75 Å². The van der Waals surface area contributed by atoms with Crippen LogP contribution in [0.1, 0.15) is 55.7 Å². The van der Waals surface area contributed by atoms with Gasteiger partial charge in [0.05, 0.1) is 11.6 Å². The van der Waals surface area contributed by atoms with E-state index in [0.717, 1.165) is 43.2 Å². The summed E-state index contributed by atoms with van der Waals surface area (Å²) < 4.78 is 0. The van der Waals surface area contributed by atoms with E-state index in [1.165, 1.54) is 11.0 Å². The molecule has 0 saturated heterocycles. The molecule has 0 spiro atoms. The lowest BCUT2D eigenvalue weighted by atomic mass is 9.57. The maximum atomic E-state index is 13.8. The van der Waals surface area contributed by atoms with Crippen molar-refractivity contribution in [2.45, 2.75) is 63.5 Å². The number of aliphatic hydroxyl groups excluding tert-OH is 2. The van der Waals surface area contributed by atoms with Crippen LogP contribution < -0.4 is 5.73 Å². The number of rotatable bonds is 7. The van der Waals surface area contributed by atoms with Gasteiger partial charge in [-0.3, -0.25) is 19.3 Å². The molecule has 0 unspecified atom stereocenters. The molecule has 4 atom stereocenters. The molecule has 1 amide bonds. The van der Waals surface area contributed by atoms with Gasteiger partial charge in [-0.05, 0) is 62.9 Å². The molecule has 0 radical (unpaired) electrons. The van der Waals surface area contributed by atoms with Crippen LogP contribution in [0.25, 0.3) is 5.76 Å². The molecule has 9 heteroatoms. The Kier molecular flexibility index (Phi) is 6.74. The normalized spacial score (nSPS) is 27.8. The van der Waals surface area contributed by atoms with E-state index in [1.807, 2.05) is 6.07 Å². The Balaban J connectivity index is 1.86. The van der Waals surface area contributed by atoms with Crippen molar-refractivity contribution < 1.29 is 34.8 Å². The highest BCUT2D eigenvalue weighted by Gasteiger charge is 2.64. The van der Waals surface area contributed by atoms with E-state index < -0.39 is 58.0 Å². The molecule has 0 heterocycles. The van der Waals surface area contributed by atoms with Crippen LogP contribution in [0.4, 0.5) is 0 Å². The fraction of sp³-hybridized carbons (Fsp3) is 0.519. The maximum Gasteiger partial charge on any atom is 0.255 e. The van der Waals surface area contributed by atoms with Gasteiger partial charge in [-0.15, -0.1) is 0 Å². The minimum absolute atomic E-state index is 0.0939. The minimum Gasteiger partial charge on any atom is -0.508 e. The number of aliphatic hydroxyl groups is 3. The van der Waals surface area contributed by atoms with Crippen molar-refractivity contribution in [3.63, 3.8) is 0 Å². The lowest BCUT2D eigenvalue weighted by molar-refractivity contribution is -0.153. The fourth-order valence-electron chi connectivity index (χ4n) is 6.28. The lowest BCUT2D eigenvalue weighted by Gasteiger charge is -2.50. The van der Waals surface area contributed by atoms with Crippen LogP contribution >= 0.6 is 0 Å². The molecule has 0 bridgehead atoms. The molecule has 1 aromatic carbocycles. The number of Topliss-reactive ketones (excluding diaryl/α,β-unsaturated/α-hetero) is 2. The van der Waals surface area contributed by atoms with Crippen LogP contribution in [-0.4, -0.2) is 68.5 Å². The Morgan fingerprint density at radius 1 is 1.14 bits per heavy atom. The number of benzene rings is 1. The second-order valence-corrected chi connectivity index (χ2v) is 10.4. The van der Waals surface area contributed by atoms with E-state index in [0.29, 0.717) is 6.42 Å². The van der Waals surface area contributed by atoms with Gasteiger partial charge in [-0.25, -0.2) is 0 Å². The van der Waals surface area contributed by atoms with Crippen LogP contribution in [0, 0.1) is 11.8 Å². The predicted molar refractivity (Wildman–Crippen MR) is 132 cm³/mol. The molecule has 6 N–H and O–H groups in total. The number of unbranched alkanes of at least 4 members (excludes halogenated alkanes) is 3. The van der Waals surface area contributed by atoms with Gasteiger partial charge in [0.2, 0.25) is 5.78 Å². The number of phenols is 1. The molecule has 3 aliphatic rings. The molecule has 1 saturated carbocycles. The highest BCUT2D eigenvalue weighted by Crippen LogP contribution is 2.53. The molecule has 0 aliphatic heterocycles. The number of likely N-dealkylation sites (N-methyl/N-ethyl adjacent to an activating group) is 1. The summed E-state index contributed by atoms with van der Waals surface area (Å²) in [6, 6.07) is 2.24. The van der Waals surface area contributed by atoms with Gasteiger partial charge in [-0.1, -0.05) is 32.3 Å². The van der Waals surface area contributed by atoms with Crippen molar-refractivity contribution in [2.24, 2.45) is 17.6 Å². The first-order chi connectivity index (χ1) is 17.0. The van der Waals surface area contributed by atoms with Gasteiger partial charge in [-0.2, -0.15) is 0 Å². The summed E-state index contributed by atoms with van der Waals surface area (Å²) in [5.41, 5.74) is 3.66. The predicted octanol–water partition coefficient (Wildman–Crippen LogP) is 2.09. The number of phenolic OH excluding ortho intramolecular Hbond substituents is 1. The molecule has 36 heavy (non-hydrogen) atoms. The van der Waals surface area contributed by atoms with Gasteiger partial charge in [0.1, 0.15) is 22.8 Å². The van der Waals surface area contributed by atoms with Crippen LogP contribution in [0.3, 0.4) is 0 Å². The second kappa shape index (κ2) is 9.37. The van der Waals surface area contributed by atoms with Crippen molar-refractivity contribution in [2.75, 3.05) is 14.1 Å². The van der Waals surface area contributed by atoms with E-state index in [4.69, 9.17) is 5.73 Å². The number of carbonyl (C=O) groups excluding carboxylic acids is 3. The average molecular weight is 499 g/mol. The number of nitrogens with two attached hydrogens (primary N) is 1. The number of nitrogens with zero attached hydrogens (tertiary/aromatic N) is 1. The number of fused-ring (bicyclic) bond motifs is 3. The number of hydrogen-bond acceptors (Lipinski definition) is 8. The topological polar surface area (TPSA) is 161 Å². The van der Waals surface area contributed by atoms with E-state index >= 15 is 0 Å². The van der Waals surface area contributed by atoms with Gasteiger partial charge in [0.25, 0.3) is 5.91 Å². The summed E-state index contributed by atoms with van der Waals surface area (Å²) in [7, 11) is 3.17. The Labute approximate surface area is 209 Å². The van der Waals surface area contributed by atoms with E-state index in [9.17, 15) is 34.8 Å². The van der Waals surface area contributed by atoms with E-state index in [-0.39, 0.29) is 23.3 Å². The molecule has 1 fully saturated rings. The van der Waals surface area contributed by atoms with Crippen molar-refractivity contribution in [3.8, 4) is 5.75 Å². The Bertz CT molecular complexity index is 1200. The molecule has 3 aliphatic carbocycles. The third-order valence-electron chi connectivity index (χ3n) is 8.00. The summed E-state index contributed by atoms with van der Waals surface area (Å²) >= 11 is 0. The third kappa shape index (κ3) is 3.72. The van der Waals surface area contributed by atoms with Crippen molar-refractivity contribution in [3.05, 3.63) is 45.7 Å². The molecule has 9 nitrogen and oxygen atoms in total. The number of hydrogen-bond donors (Lipinski definition) is 5. The Morgan fingerprint density at radius 3 is 2.44 bits per heavy atom. The molecule has 4 rings (SSSR count). The zero-order chi connectivity index (χ0) is 26.5. The first-order valence-corrected chi connectivity index (χ1v) is 12.4. The Morgan fingerprint density at radius 2 is 1.83 bits per heavy atom. The van der Waals surface area contributed by atoms with E-state index in [1.54, 1.807) is 14.1 Å². The molecular weight excluding hydrogens is 464 g/mol. The first kappa shape index (κ1) is 25.9. The van der Waals surface area contributed by atoms with Crippen LogP contribution in [0.2, 0.25) is 0 Å². The SMILES string of the molecule is CCCCCCc1ccc(O)c2c1C[C@H]1C[C@H]3[C@H](N(C)C)C(=O)C(C(N)=O)=C(O)[C@@]3(O)C(=O)C1=C2O. The standard InChI is InChI=1S/C27H34N2O7/c1-4-5-6-7-8-13-9-10-17(30)19-15(13)11-14-12-16-21(29(2)3)23(32)20(26(28)35)25(34)27(16,36)24(33)18(14)22(19)31/h9-10,14,16,21,30-31,34,36H,4-8,11-12H2,1-3H3,(H2,28,35)/t14-,16-,21-,27-/m0/s1. The smallest absolute Gasteiger partial charge is 0.255 e. The zero-order valence-corrected chi connectivity index (χ0v) is 20.9. The lowest BCUT2D eigenvalue weighted by Crippen LogP contribution is -2.65. The number of aromatic hydroxyl groups is 1. The highest BCUT2D eigenvalue weighted by atomic mass is 16.3. The maximum absolute atomic E-state index is 13.8. The summed E-state index contributed by atoms with van der Waals surface area (Å²) in [6.07, 6.45) is 5.37.